The molecule has 29 heavy (non-hydrogen) atoms. The molecule has 0 saturated heterocycles. The third-order valence-corrected chi connectivity index (χ3v) is 5.74. The van der Waals surface area contributed by atoms with Crippen LogP contribution in [0.4, 0.5) is 5.69 Å². The minimum atomic E-state index is -0.210. The van der Waals surface area contributed by atoms with Crippen LogP contribution in [0.5, 0.6) is 0 Å². The van der Waals surface area contributed by atoms with Gasteiger partial charge in [-0.3, -0.25) is 9.59 Å². The van der Waals surface area contributed by atoms with Gasteiger partial charge in [0.1, 0.15) is 6.54 Å². The third-order valence-electron chi connectivity index (χ3n) is 5.02. The van der Waals surface area contributed by atoms with E-state index in [4.69, 9.17) is 11.6 Å². The topological polar surface area (TPSA) is 77.2 Å². The molecule has 6 nitrogen and oxygen atoms in total. The number of amides is 2. The van der Waals surface area contributed by atoms with E-state index in [0.717, 1.165) is 32.2 Å². The molecular weight excluding hydrogens is 456 g/mol. The first kappa shape index (κ1) is 19.9. The Hall–Kier alpha value is -2.35. The fourth-order valence-electron chi connectivity index (χ4n) is 3.65. The van der Waals surface area contributed by atoms with Crippen LogP contribution in [0.3, 0.4) is 0 Å². The van der Waals surface area contributed by atoms with Gasteiger partial charge in [0.15, 0.2) is 0 Å². The van der Waals surface area contributed by atoms with Crippen molar-refractivity contribution in [3.63, 3.8) is 0 Å². The lowest BCUT2D eigenvalue weighted by atomic mass is 10.0. The van der Waals surface area contributed by atoms with E-state index in [-0.39, 0.29) is 24.8 Å². The van der Waals surface area contributed by atoms with E-state index in [9.17, 15) is 9.59 Å². The average Bonchev–Trinajstić information content (AvgIpc) is 2.98. The molecule has 0 aliphatic carbocycles. The molecule has 0 unspecified atom stereocenters. The third kappa shape index (κ3) is 3.90. The number of rotatable bonds is 5. The summed E-state index contributed by atoms with van der Waals surface area (Å²) in [6, 6.07) is 11.4. The summed E-state index contributed by atoms with van der Waals surface area (Å²) in [5.74, 6) is -0.352. The number of likely N-dealkylation sites (N-methyl/N-ethyl adjacent to an activating group) is 1. The Balaban J connectivity index is 1.79. The molecule has 2 amide bonds. The minimum Gasteiger partial charge on any atom is -0.354 e. The first-order valence-corrected chi connectivity index (χ1v) is 10.5. The summed E-state index contributed by atoms with van der Waals surface area (Å²) in [4.78, 5) is 30.6. The summed E-state index contributed by atoms with van der Waals surface area (Å²) in [6.07, 6.45) is 0.196. The predicted molar refractivity (Wildman–Crippen MR) is 119 cm³/mol. The lowest BCUT2D eigenvalue weighted by Crippen LogP contribution is -2.42. The smallest absolute Gasteiger partial charge is 0.240 e. The molecule has 0 bridgehead atoms. The highest BCUT2D eigenvalue weighted by atomic mass is 79.9. The van der Waals surface area contributed by atoms with Gasteiger partial charge in [0.2, 0.25) is 11.8 Å². The van der Waals surface area contributed by atoms with Crippen LogP contribution in [0.1, 0.15) is 5.56 Å². The van der Waals surface area contributed by atoms with Crippen molar-refractivity contribution >= 4 is 55.9 Å². The molecular formula is C21H20BrClN4O2. The van der Waals surface area contributed by atoms with Gasteiger partial charge in [-0.05, 0) is 49.0 Å². The summed E-state index contributed by atoms with van der Waals surface area (Å²) in [5, 5.41) is 7.31. The van der Waals surface area contributed by atoms with Crippen LogP contribution in [0.15, 0.2) is 40.9 Å². The Morgan fingerprint density at radius 2 is 2.07 bits per heavy atom. The van der Waals surface area contributed by atoms with E-state index >= 15 is 0 Å². The van der Waals surface area contributed by atoms with Crippen molar-refractivity contribution in [3.05, 3.63) is 51.5 Å². The number of H-pyrrole nitrogens is 1. The number of hydrogen-bond donors (Lipinski definition) is 3. The average molecular weight is 476 g/mol. The quantitative estimate of drug-likeness (QED) is 0.495. The number of fused-ring (bicyclic) bond motifs is 5. The first-order chi connectivity index (χ1) is 14.0. The standard InChI is InChI=1S/C21H20BrClN4O2/c1-24-6-7-25-19(28)11-27-18-9-13(23)3-4-14(18)21-16(10-20(27)29)15-8-12(22)2-5-17(15)26-21/h2-5,8-9,24,26H,6-7,10-11H2,1H3,(H,25,28). The lowest BCUT2D eigenvalue weighted by Gasteiger charge is -2.23. The zero-order valence-electron chi connectivity index (χ0n) is 15.8. The van der Waals surface area contributed by atoms with Crippen molar-refractivity contribution in [2.24, 2.45) is 0 Å². The Kier molecular flexibility index (Phi) is 5.63. The van der Waals surface area contributed by atoms with Crippen LogP contribution in [0.2, 0.25) is 5.02 Å². The minimum absolute atomic E-state index is 0.0538. The number of nitrogens with one attached hydrogen (secondary N) is 3. The molecule has 0 radical (unpaired) electrons. The molecule has 0 atom stereocenters. The van der Waals surface area contributed by atoms with Crippen LogP contribution < -0.4 is 15.5 Å². The monoisotopic (exact) mass is 474 g/mol. The van der Waals surface area contributed by atoms with Crippen molar-refractivity contribution in [1.29, 1.82) is 0 Å². The SMILES string of the molecule is CNCCNC(=O)CN1C(=O)Cc2c([nH]c3ccc(Br)cc23)-c2ccc(Cl)cc21. The van der Waals surface area contributed by atoms with Crippen molar-refractivity contribution in [3.8, 4) is 11.3 Å². The maximum atomic E-state index is 13.2. The fraction of sp³-hybridized carbons (Fsp3) is 0.238. The molecule has 1 aromatic heterocycles. The maximum absolute atomic E-state index is 13.2. The number of halogens is 2. The highest BCUT2D eigenvalue weighted by molar-refractivity contribution is 9.10. The molecule has 3 aromatic rings. The van der Waals surface area contributed by atoms with E-state index in [1.807, 2.05) is 31.3 Å². The number of carbonyl (C=O) groups excluding carboxylic acids is 2. The molecule has 8 heteroatoms. The molecule has 0 saturated carbocycles. The second-order valence-electron chi connectivity index (χ2n) is 6.94. The highest BCUT2D eigenvalue weighted by Crippen LogP contribution is 2.41. The van der Waals surface area contributed by atoms with Gasteiger partial charge in [0.05, 0.1) is 17.8 Å². The number of benzene rings is 2. The Morgan fingerprint density at radius 3 is 2.86 bits per heavy atom. The normalized spacial score (nSPS) is 13.2. The van der Waals surface area contributed by atoms with Gasteiger partial charge in [0, 0.05) is 39.1 Å². The zero-order chi connectivity index (χ0) is 20.5. The van der Waals surface area contributed by atoms with Gasteiger partial charge < -0.3 is 20.5 Å². The summed E-state index contributed by atoms with van der Waals surface area (Å²) in [5.41, 5.74) is 4.26. The first-order valence-electron chi connectivity index (χ1n) is 9.29. The number of anilines is 1. The van der Waals surface area contributed by atoms with Crippen LogP contribution in [-0.2, 0) is 16.0 Å². The predicted octanol–water partition coefficient (Wildman–Crippen LogP) is 3.48. The molecule has 2 heterocycles. The lowest BCUT2D eigenvalue weighted by molar-refractivity contribution is -0.123. The summed E-state index contributed by atoms with van der Waals surface area (Å²) < 4.78 is 0.945. The van der Waals surface area contributed by atoms with E-state index in [1.165, 1.54) is 4.90 Å². The number of aromatic nitrogens is 1. The zero-order valence-corrected chi connectivity index (χ0v) is 18.2. The van der Waals surface area contributed by atoms with E-state index in [0.29, 0.717) is 23.8 Å². The Labute approximate surface area is 181 Å². The molecule has 0 spiro atoms. The van der Waals surface area contributed by atoms with E-state index in [2.05, 4.69) is 31.5 Å². The molecule has 2 aromatic carbocycles. The summed E-state index contributed by atoms with van der Waals surface area (Å²) in [6.45, 7) is 1.10. The summed E-state index contributed by atoms with van der Waals surface area (Å²) in [7, 11) is 1.82. The van der Waals surface area contributed by atoms with Crippen molar-refractivity contribution in [2.75, 3.05) is 31.6 Å². The van der Waals surface area contributed by atoms with Crippen LogP contribution in [0.25, 0.3) is 22.2 Å². The highest BCUT2D eigenvalue weighted by Gasteiger charge is 2.30. The molecule has 4 rings (SSSR count). The van der Waals surface area contributed by atoms with Crippen LogP contribution in [-0.4, -0.2) is 43.5 Å². The number of hydrogen-bond acceptors (Lipinski definition) is 3. The van der Waals surface area contributed by atoms with Crippen LogP contribution in [0, 0.1) is 0 Å². The largest absolute Gasteiger partial charge is 0.354 e. The van der Waals surface area contributed by atoms with E-state index < -0.39 is 0 Å². The number of nitrogens with zero attached hydrogens (tertiary/aromatic N) is 1. The van der Waals surface area contributed by atoms with Gasteiger partial charge in [0.25, 0.3) is 0 Å². The second-order valence-corrected chi connectivity index (χ2v) is 8.29. The fourth-order valence-corrected chi connectivity index (χ4v) is 4.18. The van der Waals surface area contributed by atoms with Crippen molar-refractivity contribution in [1.82, 2.24) is 15.6 Å². The maximum Gasteiger partial charge on any atom is 0.240 e. The number of aromatic amines is 1. The Bertz CT molecular complexity index is 1110. The van der Waals surface area contributed by atoms with Gasteiger partial charge in [-0.1, -0.05) is 27.5 Å². The van der Waals surface area contributed by atoms with Crippen LogP contribution >= 0.6 is 27.5 Å². The summed E-state index contributed by atoms with van der Waals surface area (Å²) >= 11 is 9.76. The number of carbonyl (C=O) groups is 2. The second kappa shape index (κ2) is 8.18. The van der Waals surface area contributed by atoms with Crippen molar-refractivity contribution < 1.29 is 9.59 Å². The molecule has 3 N–H and O–H groups in total. The molecule has 1 aliphatic rings. The van der Waals surface area contributed by atoms with Gasteiger partial charge in [-0.15, -0.1) is 0 Å². The molecule has 150 valence electrons. The van der Waals surface area contributed by atoms with Gasteiger partial charge in [-0.25, -0.2) is 0 Å². The van der Waals surface area contributed by atoms with E-state index in [1.54, 1.807) is 12.1 Å². The van der Waals surface area contributed by atoms with Gasteiger partial charge in [-0.2, -0.15) is 0 Å². The molecule has 0 fully saturated rings. The van der Waals surface area contributed by atoms with Crippen molar-refractivity contribution in [2.45, 2.75) is 6.42 Å². The molecule has 1 aliphatic heterocycles. The van der Waals surface area contributed by atoms with Gasteiger partial charge >= 0.3 is 0 Å². The Morgan fingerprint density at radius 1 is 1.24 bits per heavy atom.